The van der Waals surface area contributed by atoms with Crippen molar-refractivity contribution in [3.63, 3.8) is 0 Å². The van der Waals surface area contributed by atoms with Crippen molar-refractivity contribution >= 4 is 11.6 Å². The molecule has 0 aliphatic carbocycles. The Kier molecular flexibility index (Phi) is 3.93. The van der Waals surface area contributed by atoms with Gasteiger partial charge in [0.05, 0.1) is 6.04 Å². The van der Waals surface area contributed by atoms with Crippen molar-refractivity contribution in [3.8, 4) is 5.75 Å². The topological polar surface area (TPSA) is 32.7 Å². The van der Waals surface area contributed by atoms with E-state index >= 15 is 0 Å². The van der Waals surface area contributed by atoms with Gasteiger partial charge >= 0.3 is 0 Å². The summed E-state index contributed by atoms with van der Waals surface area (Å²) in [5, 5.41) is 11.6. The van der Waals surface area contributed by atoms with Crippen LogP contribution < -0.4 is 4.74 Å². The summed E-state index contributed by atoms with van der Waals surface area (Å²) in [6.45, 7) is 8.19. The van der Waals surface area contributed by atoms with Gasteiger partial charge in [0.15, 0.2) is 0 Å². The molecular formula is C17H24ClNO2. The Labute approximate surface area is 131 Å². The van der Waals surface area contributed by atoms with Crippen LogP contribution >= 0.6 is 11.6 Å². The van der Waals surface area contributed by atoms with E-state index in [0.717, 1.165) is 30.0 Å². The summed E-state index contributed by atoms with van der Waals surface area (Å²) >= 11 is 6.17. The van der Waals surface area contributed by atoms with Crippen molar-refractivity contribution in [2.45, 2.75) is 57.8 Å². The van der Waals surface area contributed by atoms with Crippen molar-refractivity contribution in [1.29, 1.82) is 0 Å². The first kappa shape index (κ1) is 15.1. The lowest BCUT2D eigenvalue weighted by Crippen LogP contribution is -2.59. The minimum absolute atomic E-state index is 0.0248. The third-order valence-electron chi connectivity index (χ3n) is 4.75. The number of aryl methyl sites for hydroxylation is 1. The van der Waals surface area contributed by atoms with Crippen LogP contribution in [0.3, 0.4) is 0 Å². The van der Waals surface area contributed by atoms with Crippen LogP contribution in [0, 0.1) is 6.92 Å². The molecule has 0 radical (unpaired) electrons. The van der Waals surface area contributed by atoms with Crippen LogP contribution in [0.4, 0.5) is 0 Å². The second-order valence-corrected chi connectivity index (χ2v) is 7.27. The van der Waals surface area contributed by atoms with Crippen LogP contribution in [0.1, 0.15) is 50.3 Å². The normalized spacial score (nSPS) is 28.8. The van der Waals surface area contributed by atoms with E-state index in [2.05, 4.69) is 18.7 Å². The maximum Gasteiger partial charge on any atom is 0.129 e. The van der Waals surface area contributed by atoms with E-state index in [1.165, 1.54) is 19.3 Å². The summed E-state index contributed by atoms with van der Waals surface area (Å²) < 4.78 is 6.28. The van der Waals surface area contributed by atoms with Gasteiger partial charge in [-0.15, -0.1) is 0 Å². The average molecular weight is 310 g/mol. The van der Waals surface area contributed by atoms with Gasteiger partial charge in [-0.25, -0.2) is 0 Å². The number of rotatable bonds is 1. The number of fused-ring (bicyclic) bond motifs is 1. The Morgan fingerprint density at radius 3 is 2.57 bits per heavy atom. The van der Waals surface area contributed by atoms with Crippen LogP contribution in [0.5, 0.6) is 5.75 Å². The Hall–Kier alpha value is -0.770. The molecule has 21 heavy (non-hydrogen) atoms. The monoisotopic (exact) mass is 309 g/mol. The van der Waals surface area contributed by atoms with Crippen molar-refractivity contribution in [3.05, 3.63) is 28.3 Å². The lowest BCUT2D eigenvalue weighted by molar-refractivity contribution is -0.0876. The van der Waals surface area contributed by atoms with E-state index < -0.39 is 11.7 Å². The molecule has 0 saturated carbocycles. The van der Waals surface area contributed by atoms with E-state index in [4.69, 9.17) is 16.3 Å². The molecule has 0 amide bonds. The molecule has 4 heteroatoms. The summed E-state index contributed by atoms with van der Waals surface area (Å²) in [6, 6.07) is 3.72. The molecule has 0 spiro atoms. The molecule has 2 aliphatic rings. The molecular weight excluding hydrogens is 286 g/mol. The average Bonchev–Trinajstić information content (AvgIpc) is 2.41. The molecule has 2 heterocycles. The number of ether oxygens (including phenoxy) is 1. The molecule has 116 valence electrons. The predicted molar refractivity (Wildman–Crippen MR) is 85.1 cm³/mol. The minimum atomic E-state index is -0.556. The highest BCUT2D eigenvalue weighted by Gasteiger charge is 2.47. The molecule has 2 aliphatic heterocycles. The summed E-state index contributed by atoms with van der Waals surface area (Å²) in [5.74, 6) is 0.796. The summed E-state index contributed by atoms with van der Waals surface area (Å²) in [7, 11) is 0. The first-order valence-corrected chi connectivity index (χ1v) is 8.19. The molecule has 1 N–H and O–H groups in total. The molecule has 1 aromatic rings. The fourth-order valence-electron chi connectivity index (χ4n) is 3.82. The number of hydrogen-bond donors (Lipinski definition) is 1. The van der Waals surface area contributed by atoms with Crippen molar-refractivity contribution in [2.75, 3.05) is 13.1 Å². The molecule has 1 fully saturated rings. The van der Waals surface area contributed by atoms with Crippen molar-refractivity contribution < 1.29 is 9.84 Å². The van der Waals surface area contributed by atoms with Crippen LogP contribution in [0.25, 0.3) is 0 Å². The van der Waals surface area contributed by atoms with Crippen LogP contribution in [-0.2, 0) is 0 Å². The molecule has 0 bridgehead atoms. The van der Waals surface area contributed by atoms with E-state index in [-0.39, 0.29) is 6.04 Å². The zero-order valence-corrected chi connectivity index (χ0v) is 13.8. The first-order chi connectivity index (χ1) is 9.90. The van der Waals surface area contributed by atoms with E-state index in [1.54, 1.807) is 0 Å². The summed E-state index contributed by atoms with van der Waals surface area (Å²) in [6.07, 6.45) is 3.11. The van der Waals surface area contributed by atoms with E-state index in [1.807, 2.05) is 19.1 Å². The SMILES string of the molecule is Cc1cc(Cl)cc2c1OC(C)(C)C(N1CCCCC1)C2O. The molecule has 2 atom stereocenters. The fourth-order valence-corrected chi connectivity index (χ4v) is 4.11. The maximum absolute atomic E-state index is 11.0. The van der Waals surface area contributed by atoms with Gasteiger partial charge in [0.1, 0.15) is 17.5 Å². The Bertz CT molecular complexity index is 538. The first-order valence-electron chi connectivity index (χ1n) is 7.81. The van der Waals surface area contributed by atoms with Crippen LogP contribution in [-0.4, -0.2) is 34.7 Å². The molecule has 1 saturated heterocycles. The molecule has 1 aromatic carbocycles. The van der Waals surface area contributed by atoms with Gasteiger partial charge in [0.25, 0.3) is 0 Å². The molecule has 2 unspecified atom stereocenters. The van der Waals surface area contributed by atoms with Gasteiger partial charge in [-0.1, -0.05) is 18.0 Å². The highest BCUT2D eigenvalue weighted by atomic mass is 35.5. The highest BCUT2D eigenvalue weighted by Crippen LogP contribution is 2.45. The number of aliphatic hydroxyl groups excluding tert-OH is 1. The third kappa shape index (κ3) is 2.67. The summed E-state index contributed by atoms with van der Waals surface area (Å²) in [5.41, 5.74) is 1.40. The van der Waals surface area contributed by atoms with Crippen LogP contribution in [0.15, 0.2) is 12.1 Å². The standard InChI is InChI=1S/C17H24ClNO2/c1-11-9-12(18)10-13-14(20)16(17(2,3)21-15(11)13)19-7-5-4-6-8-19/h9-10,14,16,20H,4-8H2,1-3H3. The quantitative estimate of drug-likeness (QED) is 0.858. The zero-order chi connectivity index (χ0) is 15.2. The van der Waals surface area contributed by atoms with Gasteiger partial charge in [-0.2, -0.15) is 0 Å². The van der Waals surface area contributed by atoms with Gasteiger partial charge in [-0.3, -0.25) is 4.90 Å². The maximum atomic E-state index is 11.0. The van der Waals surface area contributed by atoms with Gasteiger partial charge in [-0.05, 0) is 64.4 Å². The number of hydrogen-bond acceptors (Lipinski definition) is 3. The zero-order valence-electron chi connectivity index (χ0n) is 13.0. The Balaban J connectivity index is 2.02. The molecule has 3 rings (SSSR count). The number of halogens is 1. The lowest BCUT2D eigenvalue weighted by Gasteiger charge is -2.49. The van der Waals surface area contributed by atoms with Gasteiger partial charge < -0.3 is 9.84 Å². The van der Waals surface area contributed by atoms with Gasteiger partial charge in [0, 0.05) is 10.6 Å². The van der Waals surface area contributed by atoms with Crippen molar-refractivity contribution in [2.24, 2.45) is 0 Å². The predicted octanol–water partition coefficient (Wildman–Crippen LogP) is 3.71. The second kappa shape index (κ2) is 5.45. The largest absolute Gasteiger partial charge is 0.485 e. The fraction of sp³-hybridized carbons (Fsp3) is 0.647. The number of aliphatic hydroxyl groups is 1. The third-order valence-corrected chi connectivity index (χ3v) is 4.97. The number of benzene rings is 1. The summed E-state index contributed by atoms with van der Waals surface area (Å²) in [4.78, 5) is 2.38. The Morgan fingerprint density at radius 2 is 1.90 bits per heavy atom. The second-order valence-electron chi connectivity index (χ2n) is 6.83. The molecule has 3 nitrogen and oxygen atoms in total. The van der Waals surface area contributed by atoms with E-state index in [9.17, 15) is 5.11 Å². The van der Waals surface area contributed by atoms with Gasteiger partial charge in [0.2, 0.25) is 0 Å². The minimum Gasteiger partial charge on any atom is -0.485 e. The highest BCUT2D eigenvalue weighted by molar-refractivity contribution is 6.30. The number of nitrogens with zero attached hydrogens (tertiary/aromatic N) is 1. The number of piperidine rings is 1. The van der Waals surface area contributed by atoms with E-state index in [0.29, 0.717) is 5.02 Å². The van der Waals surface area contributed by atoms with Crippen molar-refractivity contribution in [1.82, 2.24) is 4.90 Å². The lowest BCUT2D eigenvalue weighted by atomic mass is 9.83. The number of likely N-dealkylation sites (tertiary alicyclic amines) is 1. The molecule has 0 aromatic heterocycles. The Morgan fingerprint density at radius 1 is 1.24 bits per heavy atom. The smallest absolute Gasteiger partial charge is 0.129 e. The van der Waals surface area contributed by atoms with Crippen LogP contribution in [0.2, 0.25) is 5.02 Å².